The van der Waals surface area contributed by atoms with Crippen LogP contribution in [0.15, 0.2) is 18.2 Å². The van der Waals surface area contributed by atoms with E-state index in [1.165, 1.54) is 6.07 Å². The van der Waals surface area contributed by atoms with Crippen LogP contribution in [0, 0.1) is 10.1 Å². The van der Waals surface area contributed by atoms with Gasteiger partial charge in [0.25, 0.3) is 5.69 Å². The number of benzene rings is 1. The molecule has 1 saturated heterocycles. The number of hydrogen-bond acceptors (Lipinski definition) is 5. The van der Waals surface area contributed by atoms with E-state index >= 15 is 0 Å². The van der Waals surface area contributed by atoms with E-state index in [-0.39, 0.29) is 24.2 Å². The molecule has 2 heterocycles. The zero-order valence-electron chi connectivity index (χ0n) is 14.6. The molecule has 2 aliphatic heterocycles. The first-order valence-corrected chi connectivity index (χ1v) is 9.01. The van der Waals surface area contributed by atoms with Gasteiger partial charge >= 0.3 is 0 Å². The van der Waals surface area contributed by atoms with Crippen molar-refractivity contribution in [2.75, 3.05) is 24.5 Å². The summed E-state index contributed by atoms with van der Waals surface area (Å²) in [6.07, 6.45) is 3.98. The normalized spacial score (nSPS) is 21.8. The molecule has 136 valence electrons. The summed E-state index contributed by atoms with van der Waals surface area (Å²) >= 11 is 0. The van der Waals surface area contributed by atoms with E-state index in [1.54, 1.807) is 17.0 Å². The standard InChI is InChI=1S/C18H25N3O4/c1-2-17(22)16-5-3-4-9-19(16)12-18(23)20-10-8-13-11-14(21(24)25)6-7-15(13)20/h6-7,11,16-17,22H,2-5,8-10,12H2,1H3. The van der Waals surface area contributed by atoms with Gasteiger partial charge in [-0.2, -0.15) is 0 Å². The number of aliphatic hydroxyl groups is 1. The number of anilines is 1. The Morgan fingerprint density at radius 1 is 1.40 bits per heavy atom. The molecule has 0 aromatic heterocycles. The molecule has 1 aromatic carbocycles. The first-order valence-electron chi connectivity index (χ1n) is 9.01. The molecule has 3 rings (SSSR count). The number of rotatable bonds is 5. The van der Waals surface area contributed by atoms with Crippen LogP contribution in [-0.2, 0) is 11.2 Å². The van der Waals surface area contributed by atoms with Crippen molar-refractivity contribution in [3.05, 3.63) is 33.9 Å². The Balaban J connectivity index is 1.71. The smallest absolute Gasteiger partial charge is 0.269 e. The van der Waals surface area contributed by atoms with Crippen molar-refractivity contribution < 1.29 is 14.8 Å². The van der Waals surface area contributed by atoms with Crippen molar-refractivity contribution in [2.24, 2.45) is 0 Å². The van der Waals surface area contributed by atoms with E-state index in [0.29, 0.717) is 19.4 Å². The second-order valence-electron chi connectivity index (χ2n) is 6.87. The van der Waals surface area contributed by atoms with E-state index in [4.69, 9.17) is 0 Å². The van der Waals surface area contributed by atoms with Crippen LogP contribution in [0.25, 0.3) is 0 Å². The third-order valence-electron chi connectivity index (χ3n) is 5.34. The maximum atomic E-state index is 12.8. The molecule has 1 fully saturated rings. The Kier molecular flexibility index (Phi) is 5.34. The molecule has 25 heavy (non-hydrogen) atoms. The number of amides is 1. The summed E-state index contributed by atoms with van der Waals surface area (Å²) in [7, 11) is 0. The molecular formula is C18H25N3O4. The highest BCUT2D eigenvalue weighted by Crippen LogP contribution is 2.31. The summed E-state index contributed by atoms with van der Waals surface area (Å²) in [6.45, 7) is 3.64. The van der Waals surface area contributed by atoms with E-state index in [2.05, 4.69) is 4.90 Å². The highest BCUT2D eigenvalue weighted by atomic mass is 16.6. The average Bonchev–Trinajstić information content (AvgIpc) is 3.04. The van der Waals surface area contributed by atoms with Gasteiger partial charge in [0.1, 0.15) is 0 Å². The molecule has 0 bridgehead atoms. The predicted octanol–water partition coefficient (Wildman–Crippen LogP) is 2.11. The number of nitro groups is 1. The van der Waals surface area contributed by atoms with E-state index in [1.807, 2.05) is 6.92 Å². The number of non-ortho nitro benzene ring substituents is 1. The molecule has 0 radical (unpaired) electrons. The molecule has 7 nitrogen and oxygen atoms in total. The Bertz CT molecular complexity index is 664. The fourth-order valence-electron chi connectivity index (χ4n) is 3.94. The number of piperidine rings is 1. The summed E-state index contributed by atoms with van der Waals surface area (Å²) in [5, 5.41) is 21.1. The van der Waals surface area contributed by atoms with Crippen molar-refractivity contribution in [3.63, 3.8) is 0 Å². The number of nitrogens with zero attached hydrogens (tertiary/aromatic N) is 3. The number of hydrogen-bond donors (Lipinski definition) is 1. The Morgan fingerprint density at radius 2 is 2.20 bits per heavy atom. The van der Waals surface area contributed by atoms with Crippen LogP contribution < -0.4 is 4.90 Å². The number of fused-ring (bicyclic) bond motifs is 1. The lowest BCUT2D eigenvalue weighted by Crippen LogP contribution is -2.51. The second-order valence-corrected chi connectivity index (χ2v) is 6.87. The van der Waals surface area contributed by atoms with Gasteiger partial charge in [0.05, 0.1) is 17.6 Å². The van der Waals surface area contributed by atoms with Crippen molar-refractivity contribution in [2.45, 2.75) is 51.2 Å². The minimum atomic E-state index is -0.408. The maximum Gasteiger partial charge on any atom is 0.269 e. The van der Waals surface area contributed by atoms with E-state index < -0.39 is 11.0 Å². The van der Waals surface area contributed by atoms with Crippen LogP contribution in [0.5, 0.6) is 0 Å². The number of carbonyl (C=O) groups excluding carboxylic acids is 1. The van der Waals surface area contributed by atoms with Gasteiger partial charge in [0.15, 0.2) is 0 Å². The number of carbonyl (C=O) groups is 1. The summed E-state index contributed by atoms with van der Waals surface area (Å²) < 4.78 is 0. The molecule has 7 heteroatoms. The Labute approximate surface area is 147 Å². The van der Waals surface area contributed by atoms with Crippen LogP contribution in [-0.4, -0.2) is 52.6 Å². The van der Waals surface area contributed by atoms with Crippen molar-refractivity contribution >= 4 is 17.3 Å². The van der Waals surface area contributed by atoms with Crippen LogP contribution in [0.3, 0.4) is 0 Å². The zero-order valence-corrected chi connectivity index (χ0v) is 14.6. The fraction of sp³-hybridized carbons (Fsp3) is 0.611. The highest BCUT2D eigenvalue weighted by Gasteiger charge is 2.32. The van der Waals surface area contributed by atoms with E-state index in [9.17, 15) is 20.0 Å². The monoisotopic (exact) mass is 347 g/mol. The second kappa shape index (κ2) is 7.49. The minimum Gasteiger partial charge on any atom is -0.392 e. The van der Waals surface area contributed by atoms with Gasteiger partial charge in [-0.3, -0.25) is 19.8 Å². The largest absolute Gasteiger partial charge is 0.392 e. The lowest BCUT2D eigenvalue weighted by molar-refractivity contribution is -0.384. The molecule has 2 atom stereocenters. The number of aliphatic hydroxyl groups excluding tert-OH is 1. The molecule has 0 saturated carbocycles. The molecule has 2 aliphatic rings. The van der Waals surface area contributed by atoms with Gasteiger partial charge < -0.3 is 10.0 Å². The van der Waals surface area contributed by atoms with E-state index in [0.717, 1.165) is 37.1 Å². The van der Waals surface area contributed by atoms with Crippen LogP contribution in [0.4, 0.5) is 11.4 Å². The van der Waals surface area contributed by atoms with Gasteiger partial charge in [-0.15, -0.1) is 0 Å². The van der Waals surface area contributed by atoms with Crippen molar-refractivity contribution in [3.8, 4) is 0 Å². The molecule has 1 amide bonds. The number of likely N-dealkylation sites (tertiary alicyclic amines) is 1. The SMILES string of the molecule is CCC(O)C1CCCCN1CC(=O)N1CCc2cc([N+](=O)[O-])ccc21. The zero-order chi connectivity index (χ0) is 18.0. The minimum absolute atomic E-state index is 0.00260. The molecule has 0 spiro atoms. The lowest BCUT2D eigenvalue weighted by Gasteiger charge is -2.38. The molecule has 0 aliphatic carbocycles. The van der Waals surface area contributed by atoms with Crippen molar-refractivity contribution in [1.29, 1.82) is 0 Å². The third-order valence-corrected chi connectivity index (χ3v) is 5.34. The van der Waals surface area contributed by atoms with Crippen LogP contribution >= 0.6 is 0 Å². The first-order chi connectivity index (χ1) is 12.0. The average molecular weight is 347 g/mol. The summed E-state index contributed by atoms with van der Waals surface area (Å²) in [6, 6.07) is 4.73. The fourth-order valence-corrected chi connectivity index (χ4v) is 3.94. The molecular weight excluding hydrogens is 322 g/mol. The molecule has 2 unspecified atom stereocenters. The maximum absolute atomic E-state index is 12.8. The van der Waals surface area contributed by atoms with Gasteiger partial charge in [-0.1, -0.05) is 13.3 Å². The highest BCUT2D eigenvalue weighted by molar-refractivity contribution is 5.97. The van der Waals surface area contributed by atoms with Gasteiger partial charge in [0, 0.05) is 30.4 Å². The molecule has 1 N–H and O–H groups in total. The third kappa shape index (κ3) is 3.67. The summed E-state index contributed by atoms with van der Waals surface area (Å²) in [4.78, 5) is 27.1. The summed E-state index contributed by atoms with van der Waals surface area (Å²) in [5.74, 6) is 0.00260. The Morgan fingerprint density at radius 3 is 2.92 bits per heavy atom. The van der Waals surface area contributed by atoms with Crippen LogP contribution in [0.2, 0.25) is 0 Å². The summed E-state index contributed by atoms with van der Waals surface area (Å²) in [5.41, 5.74) is 1.70. The van der Waals surface area contributed by atoms with Gasteiger partial charge in [-0.25, -0.2) is 0 Å². The quantitative estimate of drug-likeness (QED) is 0.651. The number of nitro benzene ring substituents is 1. The first kappa shape index (κ1) is 17.8. The van der Waals surface area contributed by atoms with Crippen LogP contribution in [0.1, 0.15) is 38.2 Å². The Hall–Kier alpha value is -1.99. The predicted molar refractivity (Wildman–Crippen MR) is 94.7 cm³/mol. The van der Waals surface area contributed by atoms with Crippen molar-refractivity contribution in [1.82, 2.24) is 4.90 Å². The van der Waals surface area contributed by atoms with Gasteiger partial charge in [0.2, 0.25) is 5.91 Å². The lowest BCUT2D eigenvalue weighted by atomic mass is 9.96. The molecule has 1 aromatic rings. The topological polar surface area (TPSA) is 86.9 Å². The van der Waals surface area contributed by atoms with Gasteiger partial charge in [-0.05, 0) is 43.9 Å².